The summed E-state index contributed by atoms with van der Waals surface area (Å²) in [6.07, 6.45) is 1.85. The summed E-state index contributed by atoms with van der Waals surface area (Å²) in [7, 11) is 1.35. The largest absolute Gasteiger partial charge is 0.486 e. The molecule has 0 saturated heterocycles. The minimum atomic E-state index is -0.399. The quantitative estimate of drug-likeness (QED) is 0.615. The van der Waals surface area contributed by atoms with Crippen LogP contribution in [0.15, 0.2) is 48.5 Å². The van der Waals surface area contributed by atoms with Crippen LogP contribution in [-0.2, 0) is 4.74 Å². The van der Waals surface area contributed by atoms with Crippen molar-refractivity contribution in [3.63, 3.8) is 0 Å². The van der Waals surface area contributed by atoms with Gasteiger partial charge in [0.2, 0.25) is 0 Å². The molecular formula is C19H15NO3. The first-order chi connectivity index (χ1) is 11.1. The third-order valence-corrected chi connectivity index (χ3v) is 3.72. The Balaban J connectivity index is 2.19. The maximum atomic E-state index is 11.8. The fourth-order valence-electron chi connectivity index (χ4n) is 2.68. The van der Waals surface area contributed by atoms with Crippen molar-refractivity contribution < 1.29 is 14.3 Å². The first kappa shape index (κ1) is 14.9. The Morgan fingerprint density at radius 2 is 2.00 bits per heavy atom. The Labute approximate surface area is 134 Å². The van der Waals surface area contributed by atoms with Crippen molar-refractivity contribution in [2.75, 3.05) is 7.11 Å². The van der Waals surface area contributed by atoms with Crippen LogP contribution in [0.4, 0.5) is 5.69 Å². The summed E-state index contributed by atoms with van der Waals surface area (Å²) >= 11 is 0. The topological polar surface area (TPSA) is 39.9 Å². The molecule has 1 atom stereocenters. The molecule has 4 heteroatoms. The predicted molar refractivity (Wildman–Crippen MR) is 87.7 cm³/mol. The van der Waals surface area contributed by atoms with Crippen molar-refractivity contribution in [1.29, 1.82) is 0 Å². The van der Waals surface area contributed by atoms with Gasteiger partial charge in [-0.3, -0.25) is 0 Å². The monoisotopic (exact) mass is 305 g/mol. The van der Waals surface area contributed by atoms with Gasteiger partial charge in [-0.05, 0) is 42.3 Å². The highest BCUT2D eigenvalue weighted by molar-refractivity contribution is 5.95. The van der Waals surface area contributed by atoms with Gasteiger partial charge >= 0.3 is 5.97 Å². The number of carbonyl (C=O) groups is 1. The summed E-state index contributed by atoms with van der Waals surface area (Å²) in [5.74, 6) is 0.298. The van der Waals surface area contributed by atoms with Crippen LogP contribution in [0.2, 0.25) is 0 Å². The Kier molecular flexibility index (Phi) is 3.86. The van der Waals surface area contributed by atoms with Crippen LogP contribution in [0.3, 0.4) is 0 Å². The van der Waals surface area contributed by atoms with Gasteiger partial charge in [0.1, 0.15) is 11.9 Å². The summed E-state index contributed by atoms with van der Waals surface area (Å²) in [5, 5.41) is 0. The van der Waals surface area contributed by atoms with Crippen molar-refractivity contribution >= 4 is 17.2 Å². The lowest BCUT2D eigenvalue weighted by molar-refractivity contribution is 0.0600. The molecular weight excluding hydrogens is 290 g/mol. The summed E-state index contributed by atoms with van der Waals surface area (Å²) in [4.78, 5) is 15.4. The van der Waals surface area contributed by atoms with Crippen LogP contribution in [0.1, 0.15) is 28.4 Å². The van der Waals surface area contributed by atoms with Crippen LogP contribution in [0, 0.1) is 6.57 Å². The number of esters is 1. The van der Waals surface area contributed by atoms with Gasteiger partial charge in [0.25, 0.3) is 0 Å². The zero-order chi connectivity index (χ0) is 16.4. The van der Waals surface area contributed by atoms with E-state index in [0.717, 1.165) is 16.7 Å². The average Bonchev–Trinajstić information content (AvgIpc) is 2.59. The number of nitrogens with zero attached hydrogens (tertiary/aromatic N) is 1. The molecule has 4 nitrogen and oxygen atoms in total. The van der Waals surface area contributed by atoms with Crippen molar-refractivity contribution in [3.05, 3.63) is 76.6 Å². The molecule has 3 rings (SSSR count). The normalized spacial score (nSPS) is 15.7. The number of carbonyl (C=O) groups excluding carboxylic acids is 1. The molecule has 0 N–H and O–H groups in total. The molecule has 0 amide bonds. The van der Waals surface area contributed by atoms with E-state index in [1.807, 2.05) is 31.2 Å². The summed E-state index contributed by atoms with van der Waals surface area (Å²) in [6, 6.07) is 12.6. The standard InChI is InChI=1S/C19H15NO3/c1-12-10-15(14-6-4-5-7-17(14)20-2)16-11-13(19(21)22-3)8-9-18(16)23-12/h4-12H,1,3H3. The molecule has 2 aromatic carbocycles. The number of methoxy groups -OCH3 is 1. The lowest BCUT2D eigenvalue weighted by Gasteiger charge is -2.24. The second kappa shape index (κ2) is 5.98. The molecule has 0 saturated carbocycles. The minimum Gasteiger partial charge on any atom is -0.486 e. The van der Waals surface area contributed by atoms with Crippen LogP contribution in [0.5, 0.6) is 5.75 Å². The van der Waals surface area contributed by atoms with Gasteiger partial charge in [-0.1, -0.05) is 24.3 Å². The van der Waals surface area contributed by atoms with Crippen molar-refractivity contribution in [1.82, 2.24) is 0 Å². The van der Waals surface area contributed by atoms with Gasteiger partial charge in [-0.25, -0.2) is 9.64 Å². The molecule has 114 valence electrons. The average molecular weight is 305 g/mol. The van der Waals surface area contributed by atoms with Gasteiger partial charge in [0.05, 0.1) is 19.2 Å². The molecule has 23 heavy (non-hydrogen) atoms. The number of rotatable bonds is 2. The Hall–Kier alpha value is -3.06. The molecule has 0 aliphatic carbocycles. The van der Waals surface area contributed by atoms with Gasteiger partial charge in [-0.15, -0.1) is 0 Å². The predicted octanol–water partition coefficient (Wildman–Crippen LogP) is 4.24. The van der Waals surface area contributed by atoms with Gasteiger partial charge < -0.3 is 9.47 Å². The van der Waals surface area contributed by atoms with Crippen LogP contribution in [-0.4, -0.2) is 19.2 Å². The van der Waals surface area contributed by atoms with Crippen LogP contribution >= 0.6 is 0 Å². The molecule has 0 spiro atoms. The molecule has 1 aliphatic rings. The number of hydrogen-bond donors (Lipinski definition) is 0. The maximum Gasteiger partial charge on any atom is 0.337 e. The van der Waals surface area contributed by atoms with Crippen LogP contribution in [0.25, 0.3) is 10.4 Å². The van der Waals surface area contributed by atoms with E-state index in [9.17, 15) is 4.79 Å². The second-order valence-electron chi connectivity index (χ2n) is 5.23. The summed E-state index contributed by atoms with van der Waals surface area (Å²) in [6.45, 7) is 9.31. The third kappa shape index (κ3) is 2.69. The summed E-state index contributed by atoms with van der Waals surface area (Å²) < 4.78 is 10.6. The highest BCUT2D eigenvalue weighted by Gasteiger charge is 2.22. The molecule has 0 fully saturated rings. The minimum absolute atomic E-state index is 0.111. The Morgan fingerprint density at radius 3 is 2.74 bits per heavy atom. The van der Waals surface area contributed by atoms with E-state index in [0.29, 0.717) is 17.0 Å². The van der Waals surface area contributed by atoms with Crippen molar-refractivity contribution in [3.8, 4) is 5.75 Å². The first-order valence-corrected chi connectivity index (χ1v) is 7.22. The van der Waals surface area contributed by atoms with E-state index in [1.54, 1.807) is 24.3 Å². The molecule has 0 aromatic heterocycles. The molecule has 0 bridgehead atoms. The smallest absolute Gasteiger partial charge is 0.337 e. The molecule has 1 heterocycles. The van der Waals surface area contributed by atoms with Gasteiger partial charge in [-0.2, -0.15) is 0 Å². The molecule has 1 aliphatic heterocycles. The fourth-order valence-corrected chi connectivity index (χ4v) is 2.68. The van der Waals surface area contributed by atoms with Crippen LogP contribution < -0.4 is 4.74 Å². The SMILES string of the molecule is [C-]#[N+]c1ccccc1C1=CC(C)Oc2ccc(C(=O)OC)cc21. The summed E-state index contributed by atoms with van der Waals surface area (Å²) in [5.41, 5.74) is 3.55. The molecule has 0 radical (unpaired) electrons. The highest BCUT2D eigenvalue weighted by atomic mass is 16.5. The Bertz CT molecular complexity index is 846. The second-order valence-corrected chi connectivity index (χ2v) is 5.23. The number of hydrogen-bond acceptors (Lipinski definition) is 3. The van der Waals surface area contributed by atoms with E-state index in [2.05, 4.69) is 4.85 Å². The van der Waals surface area contributed by atoms with E-state index in [4.69, 9.17) is 16.0 Å². The third-order valence-electron chi connectivity index (χ3n) is 3.72. The number of benzene rings is 2. The van der Waals surface area contributed by atoms with Gasteiger partial charge in [0.15, 0.2) is 5.69 Å². The lowest BCUT2D eigenvalue weighted by atomic mass is 9.91. The first-order valence-electron chi connectivity index (χ1n) is 7.22. The van der Waals surface area contributed by atoms with Gasteiger partial charge in [0, 0.05) is 5.56 Å². The molecule has 1 unspecified atom stereocenters. The number of ether oxygens (including phenoxy) is 2. The zero-order valence-corrected chi connectivity index (χ0v) is 12.9. The highest BCUT2D eigenvalue weighted by Crippen LogP contribution is 2.39. The van der Waals surface area contributed by atoms with Crippen molar-refractivity contribution in [2.24, 2.45) is 0 Å². The van der Waals surface area contributed by atoms with E-state index < -0.39 is 5.97 Å². The Morgan fingerprint density at radius 1 is 1.22 bits per heavy atom. The van der Waals surface area contributed by atoms with E-state index in [1.165, 1.54) is 7.11 Å². The zero-order valence-electron chi connectivity index (χ0n) is 12.9. The number of fused-ring (bicyclic) bond motifs is 1. The lowest BCUT2D eigenvalue weighted by Crippen LogP contribution is -2.16. The van der Waals surface area contributed by atoms with E-state index in [-0.39, 0.29) is 6.10 Å². The molecule has 2 aromatic rings. The maximum absolute atomic E-state index is 11.8. The van der Waals surface area contributed by atoms with E-state index >= 15 is 0 Å². The fraction of sp³-hybridized carbons (Fsp3) is 0.158. The van der Waals surface area contributed by atoms with Crippen molar-refractivity contribution in [2.45, 2.75) is 13.0 Å². The number of para-hydroxylation sites is 1.